The molecule has 1 fully saturated rings. The summed E-state index contributed by atoms with van der Waals surface area (Å²) in [5.74, 6) is 0.509. The van der Waals surface area contributed by atoms with Crippen molar-refractivity contribution < 1.29 is 4.79 Å². The zero-order valence-electron chi connectivity index (χ0n) is 8.94. The summed E-state index contributed by atoms with van der Waals surface area (Å²) in [7, 11) is 0. The Hall–Kier alpha value is -0.240. The number of carbonyl (C=O) groups excluding carboxylic acids is 1. The zero-order chi connectivity index (χ0) is 10.4. The topological polar surface area (TPSA) is 29.1 Å². The second-order valence-electron chi connectivity index (χ2n) is 4.59. The second kappa shape index (κ2) is 5.59. The van der Waals surface area contributed by atoms with Gasteiger partial charge in [-0.2, -0.15) is 0 Å². The summed E-state index contributed by atoms with van der Waals surface area (Å²) in [4.78, 5) is 11.2. The van der Waals surface area contributed by atoms with Crippen molar-refractivity contribution in [2.45, 2.75) is 45.4 Å². The highest BCUT2D eigenvalue weighted by atomic mass is 35.5. The molecule has 82 valence electrons. The van der Waals surface area contributed by atoms with Crippen LogP contribution < -0.4 is 5.32 Å². The lowest BCUT2D eigenvalue weighted by molar-refractivity contribution is -0.121. The van der Waals surface area contributed by atoms with Crippen LogP contribution in [0.3, 0.4) is 0 Å². The van der Waals surface area contributed by atoms with Gasteiger partial charge in [-0.05, 0) is 18.3 Å². The molecule has 1 saturated carbocycles. The van der Waals surface area contributed by atoms with Crippen molar-refractivity contribution in [1.82, 2.24) is 5.32 Å². The maximum atomic E-state index is 11.2. The van der Waals surface area contributed by atoms with Gasteiger partial charge in [-0.25, -0.2) is 0 Å². The third kappa shape index (κ3) is 3.87. The van der Waals surface area contributed by atoms with Crippen molar-refractivity contribution in [2.75, 3.05) is 12.4 Å². The third-order valence-electron chi connectivity index (χ3n) is 3.09. The monoisotopic (exact) mass is 217 g/mol. The molecule has 2 nitrogen and oxygen atoms in total. The van der Waals surface area contributed by atoms with Gasteiger partial charge in [0.25, 0.3) is 0 Å². The summed E-state index contributed by atoms with van der Waals surface area (Å²) < 4.78 is 0. The molecule has 1 aliphatic rings. The summed E-state index contributed by atoms with van der Waals surface area (Å²) in [5.41, 5.74) is 0.334. The Morgan fingerprint density at radius 2 is 2.00 bits per heavy atom. The summed E-state index contributed by atoms with van der Waals surface area (Å²) in [5, 5.41) is 2.97. The summed E-state index contributed by atoms with van der Waals surface area (Å²) >= 11 is 5.49. The molecule has 0 spiro atoms. The Bertz CT molecular complexity index is 188. The van der Waals surface area contributed by atoms with Crippen LogP contribution in [-0.4, -0.2) is 18.3 Å². The molecular formula is C11H20ClNO. The van der Waals surface area contributed by atoms with Crippen molar-refractivity contribution in [1.29, 1.82) is 0 Å². The van der Waals surface area contributed by atoms with E-state index in [-0.39, 0.29) is 5.91 Å². The number of hydrogen-bond acceptors (Lipinski definition) is 1. The summed E-state index contributed by atoms with van der Waals surface area (Å²) in [6.45, 7) is 3.09. The zero-order valence-corrected chi connectivity index (χ0v) is 9.70. The van der Waals surface area contributed by atoms with Crippen molar-refractivity contribution in [3.63, 3.8) is 0 Å². The molecule has 0 unspecified atom stereocenters. The molecule has 1 N–H and O–H groups in total. The molecule has 0 aromatic carbocycles. The molecule has 0 atom stereocenters. The summed E-state index contributed by atoms with van der Waals surface area (Å²) in [6.07, 6.45) is 6.90. The Kier molecular flexibility index (Phi) is 4.73. The molecule has 1 amide bonds. The van der Waals surface area contributed by atoms with E-state index in [0.29, 0.717) is 17.7 Å². The predicted octanol–water partition coefficient (Wildman–Crippen LogP) is 2.70. The van der Waals surface area contributed by atoms with Crippen LogP contribution in [0.2, 0.25) is 0 Å². The van der Waals surface area contributed by atoms with Crippen LogP contribution in [0.25, 0.3) is 0 Å². The first kappa shape index (κ1) is 11.8. The van der Waals surface area contributed by atoms with Gasteiger partial charge < -0.3 is 5.32 Å². The van der Waals surface area contributed by atoms with Crippen LogP contribution >= 0.6 is 11.6 Å². The average Bonchev–Trinajstić information content (AvgIpc) is 2.17. The van der Waals surface area contributed by atoms with Gasteiger partial charge in [0.1, 0.15) is 0 Å². The van der Waals surface area contributed by atoms with Gasteiger partial charge in [0.05, 0.1) is 0 Å². The van der Waals surface area contributed by atoms with Crippen molar-refractivity contribution in [3.05, 3.63) is 0 Å². The van der Waals surface area contributed by atoms with Crippen LogP contribution in [0.5, 0.6) is 0 Å². The van der Waals surface area contributed by atoms with E-state index in [4.69, 9.17) is 11.6 Å². The van der Waals surface area contributed by atoms with Crippen LogP contribution in [0, 0.1) is 5.41 Å². The van der Waals surface area contributed by atoms with Crippen molar-refractivity contribution in [3.8, 4) is 0 Å². The quantitative estimate of drug-likeness (QED) is 0.721. The van der Waals surface area contributed by atoms with E-state index in [1.807, 2.05) is 0 Å². The molecule has 1 rings (SSSR count). The van der Waals surface area contributed by atoms with Gasteiger partial charge in [-0.15, -0.1) is 11.6 Å². The Morgan fingerprint density at radius 3 is 2.57 bits per heavy atom. The normalized spacial score (nSPS) is 20.4. The molecule has 0 saturated heterocycles. The number of rotatable bonds is 4. The number of carbonyl (C=O) groups is 1. The van der Waals surface area contributed by atoms with Crippen molar-refractivity contribution in [2.24, 2.45) is 5.41 Å². The average molecular weight is 218 g/mol. The fourth-order valence-electron chi connectivity index (χ4n) is 2.07. The minimum Gasteiger partial charge on any atom is -0.356 e. The number of nitrogens with one attached hydrogen (secondary N) is 1. The van der Waals surface area contributed by atoms with Gasteiger partial charge in [-0.1, -0.05) is 26.2 Å². The molecule has 1 aliphatic carbocycles. The highest BCUT2D eigenvalue weighted by molar-refractivity contribution is 6.18. The van der Waals surface area contributed by atoms with Crippen molar-refractivity contribution >= 4 is 17.5 Å². The Labute approximate surface area is 91.4 Å². The van der Waals surface area contributed by atoms with E-state index in [2.05, 4.69) is 12.2 Å². The highest BCUT2D eigenvalue weighted by Crippen LogP contribution is 2.34. The minimum atomic E-state index is 0.0896. The fourth-order valence-corrected chi connectivity index (χ4v) is 2.24. The SMILES string of the molecule is CC1(CNC(=O)CCCl)CCCCC1. The first-order valence-corrected chi connectivity index (χ1v) is 6.02. The maximum absolute atomic E-state index is 11.2. The molecule has 3 heteroatoms. The number of alkyl halides is 1. The van der Waals surface area contributed by atoms with E-state index in [1.165, 1.54) is 32.1 Å². The molecule has 0 heterocycles. The van der Waals surface area contributed by atoms with Gasteiger partial charge >= 0.3 is 0 Å². The molecule has 0 radical (unpaired) electrons. The van der Waals surface area contributed by atoms with Crippen LogP contribution in [0.4, 0.5) is 0 Å². The Morgan fingerprint density at radius 1 is 1.36 bits per heavy atom. The van der Waals surface area contributed by atoms with Gasteiger partial charge in [0.15, 0.2) is 0 Å². The number of amides is 1. The molecule has 0 aromatic rings. The van der Waals surface area contributed by atoms with Gasteiger partial charge in [0.2, 0.25) is 5.91 Å². The molecule has 0 bridgehead atoms. The lowest BCUT2D eigenvalue weighted by atomic mass is 9.76. The first-order chi connectivity index (χ1) is 6.66. The lowest BCUT2D eigenvalue weighted by Crippen LogP contribution is -2.37. The molecule has 14 heavy (non-hydrogen) atoms. The minimum absolute atomic E-state index is 0.0896. The maximum Gasteiger partial charge on any atom is 0.221 e. The number of halogens is 1. The van der Waals surface area contributed by atoms with E-state index in [1.54, 1.807) is 0 Å². The molecule has 0 aliphatic heterocycles. The van der Waals surface area contributed by atoms with E-state index >= 15 is 0 Å². The second-order valence-corrected chi connectivity index (χ2v) is 4.96. The van der Waals surface area contributed by atoms with E-state index in [9.17, 15) is 4.79 Å². The molecule has 0 aromatic heterocycles. The smallest absolute Gasteiger partial charge is 0.221 e. The third-order valence-corrected chi connectivity index (χ3v) is 3.28. The first-order valence-electron chi connectivity index (χ1n) is 5.49. The van der Waals surface area contributed by atoms with Gasteiger partial charge in [-0.3, -0.25) is 4.79 Å². The van der Waals surface area contributed by atoms with E-state index < -0.39 is 0 Å². The van der Waals surface area contributed by atoms with Crippen LogP contribution in [0.1, 0.15) is 45.4 Å². The standard InChI is InChI=1S/C11H20ClNO/c1-11(6-3-2-4-7-11)9-13-10(14)5-8-12/h2-9H2,1H3,(H,13,14). The molecular weight excluding hydrogens is 198 g/mol. The van der Waals surface area contributed by atoms with E-state index in [0.717, 1.165) is 6.54 Å². The van der Waals surface area contributed by atoms with Crippen LogP contribution in [-0.2, 0) is 4.79 Å². The van der Waals surface area contributed by atoms with Crippen LogP contribution in [0.15, 0.2) is 0 Å². The lowest BCUT2D eigenvalue weighted by Gasteiger charge is -2.33. The summed E-state index contributed by atoms with van der Waals surface area (Å²) in [6, 6.07) is 0. The fraction of sp³-hybridized carbons (Fsp3) is 0.909. The predicted molar refractivity (Wildman–Crippen MR) is 59.5 cm³/mol. The number of hydrogen-bond donors (Lipinski definition) is 1. The van der Waals surface area contributed by atoms with Gasteiger partial charge in [0, 0.05) is 18.8 Å². The largest absolute Gasteiger partial charge is 0.356 e. The Balaban J connectivity index is 2.24. The highest BCUT2D eigenvalue weighted by Gasteiger charge is 2.26.